The van der Waals surface area contributed by atoms with Gasteiger partial charge in [0.05, 0.1) is 0 Å². The molecule has 1 N–H and O–H groups in total. The zero-order valence-electron chi connectivity index (χ0n) is 13.7. The molecule has 0 aliphatic carbocycles. The summed E-state index contributed by atoms with van der Waals surface area (Å²) in [5, 5.41) is 3.22. The molecule has 2 aliphatic heterocycles. The van der Waals surface area contributed by atoms with E-state index in [9.17, 15) is 4.79 Å². The van der Waals surface area contributed by atoms with Gasteiger partial charge in [-0.25, -0.2) is 0 Å². The highest BCUT2D eigenvalue weighted by Crippen LogP contribution is 2.28. The second-order valence-electron chi connectivity index (χ2n) is 6.76. The van der Waals surface area contributed by atoms with E-state index in [0.717, 1.165) is 29.3 Å². The largest absolute Gasteiger partial charge is 0.348 e. The monoisotopic (exact) mass is 338 g/mol. The lowest BCUT2D eigenvalue weighted by Gasteiger charge is -2.30. The van der Waals surface area contributed by atoms with Gasteiger partial charge >= 0.3 is 0 Å². The molecule has 0 aromatic heterocycles. The lowest BCUT2D eigenvalue weighted by Crippen LogP contribution is -2.47. The van der Waals surface area contributed by atoms with E-state index in [1.54, 1.807) is 11.8 Å². The highest BCUT2D eigenvalue weighted by molar-refractivity contribution is 7.99. The molecule has 2 saturated heterocycles. The molecule has 0 spiro atoms. The van der Waals surface area contributed by atoms with E-state index in [2.05, 4.69) is 22.3 Å². The highest BCUT2D eigenvalue weighted by Gasteiger charge is 2.32. The molecular formula is C20H22N2OS. The number of hydrogen-bond donors (Lipinski definition) is 1. The summed E-state index contributed by atoms with van der Waals surface area (Å²) in [6.07, 6.45) is 2.42. The summed E-state index contributed by atoms with van der Waals surface area (Å²) in [6.45, 7) is 3.42. The minimum atomic E-state index is 0.0544. The Labute approximate surface area is 147 Å². The van der Waals surface area contributed by atoms with Crippen molar-refractivity contribution in [2.75, 3.05) is 19.6 Å². The van der Waals surface area contributed by atoms with Crippen molar-refractivity contribution in [3.8, 4) is 0 Å². The molecule has 2 aromatic carbocycles. The second-order valence-corrected chi connectivity index (χ2v) is 7.91. The van der Waals surface area contributed by atoms with Crippen molar-refractivity contribution in [3.05, 3.63) is 60.2 Å². The van der Waals surface area contributed by atoms with Gasteiger partial charge in [0.1, 0.15) is 0 Å². The molecule has 124 valence electrons. The molecule has 3 atom stereocenters. The lowest BCUT2D eigenvalue weighted by atomic mass is 9.96. The minimum Gasteiger partial charge on any atom is -0.348 e. The van der Waals surface area contributed by atoms with E-state index in [1.807, 2.05) is 42.5 Å². The van der Waals surface area contributed by atoms with Crippen LogP contribution in [-0.2, 0) is 0 Å². The second kappa shape index (κ2) is 6.99. The minimum absolute atomic E-state index is 0.0544. The topological polar surface area (TPSA) is 32.3 Å². The van der Waals surface area contributed by atoms with Crippen LogP contribution in [0.3, 0.4) is 0 Å². The SMILES string of the molecule is O=C(N[C@@H]1C[C@H]2CCN(C2)C1)c1ccc(Sc2ccccc2)cc1. The molecule has 0 saturated carbocycles. The number of hydrogen-bond acceptors (Lipinski definition) is 3. The Hall–Kier alpha value is -1.78. The van der Waals surface area contributed by atoms with Crippen LogP contribution >= 0.6 is 11.8 Å². The number of rotatable bonds is 4. The average Bonchev–Trinajstić information content (AvgIpc) is 2.95. The zero-order chi connectivity index (χ0) is 16.4. The van der Waals surface area contributed by atoms with Gasteiger partial charge < -0.3 is 10.2 Å². The summed E-state index contributed by atoms with van der Waals surface area (Å²) in [7, 11) is 0. The Morgan fingerprint density at radius 2 is 1.75 bits per heavy atom. The Bertz CT molecular complexity index is 689. The van der Waals surface area contributed by atoms with E-state index < -0.39 is 0 Å². The van der Waals surface area contributed by atoms with Crippen LogP contribution < -0.4 is 5.32 Å². The van der Waals surface area contributed by atoms with Gasteiger partial charge in [0.15, 0.2) is 0 Å². The molecule has 2 fully saturated rings. The molecule has 4 heteroatoms. The number of piperidine rings is 1. The zero-order valence-corrected chi connectivity index (χ0v) is 14.5. The quantitative estimate of drug-likeness (QED) is 0.923. The smallest absolute Gasteiger partial charge is 0.251 e. The van der Waals surface area contributed by atoms with Crippen LogP contribution in [0, 0.1) is 5.92 Å². The third kappa shape index (κ3) is 3.65. The summed E-state index contributed by atoms with van der Waals surface area (Å²) < 4.78 is 0. The van der Waals surface area contributed by atoms with E-state index in [4.69, 9.17) is 0 Å². The lowest BCUT2D eigenvalue weighted by molar-refractivity contribution is 0.0909. The van der Waals surface area contributed by atoms with Crippen LogP contribution in [0.5, 0.6) is 0 Å². The van der Waals surface area contributed by atoms with Gasteiger partial charge in [-0.15, -0.1) is 0 Å². The summed E-state index contributed by atoms with van der Waals surface area (Å²) in [5.74, 6) is 0.826. The number of amides is 1. The summed E-state index contributed by atoms with van der Waals surface area (Å²) in [5.41, 5.74) is 0.750. The first-order chi connectivity index (χ1) is 11.8. The fraction of sp³-hybridized carbons (Fsp3) is 0.350. The van der Waals surface area contributed by atoms with Crippen molar-refractivity contribution < 1.29 is 4.79 Å². The summed E-state index contributed by atoms with van der Waals surface area (Å²) in [4.78, 5) is 17.3. The van der Waals surface area contributed by atoms with Gasteiger partial charge in [-0.05, 0) is 61.7 Å². The normalized spacial score (nSPS) is 25.4. The molecule has 4 rings (SSSR count). The number of fused-ring (bicyclic) bond motifs is 2. The van der Waals surface area contributed by atoms with Gasteiger partial charge in [-0.1, -0.05) is 30.0 Å². The maximum absolute atomic E-state index is 12.5. The average molecular weight is 338 g/mol. The Morgan fingerprint density at radius 3 is 2.50 bits per heavy atom. The molecule has 24 heavy (non-hydrogen) atoms. The van der Waals surface area contributed by atoms with E-state index >= 15 is 0 Å². The van der Waals surface area contributed by atoms with Crippen molar-refractivity contribution in [1.29, 1.82) is 0 Å². The predicted molar refractivity (Wildman–Crippen MR) is 97.4 cm³/mol. The van der Waals surface area contributed by atoms with Gasteiger partial charge in [0.25, 0.3) is 5.91 Å². The van der Waals surface area contributed by atoms with E-state index in [1.165, 1.54) is 24.4 Å². The van der Waals surface area contributed by atoms with Crippen LogP contribution in [-0.4, -0.2) is 36.5 Å². The fourth-order valence-electron chi connectivity index (χ4n) is 3.73. The third-order valence-electron chi connectivity index (χ3n) is 4.90. The molecule has 2 aliphatic rings. The molecule has 1 unspecified atom stereocenters. The first kappa shape index (κ1) is 15.7. The maximum atomic E-state index is 12.5. The number of carbonyl (C=O) groups is 1. The van der Waals surface area contributed by atoms with Gasteiger partial charge in [-0.2, -0.15) is 0 Å². The number of nitrogens with one attached hydrogen (secondary N) is 1. The van der Waals surface area contributed by atoms with Crippen molar-refractivity contribution in [3.63, 3.8) is 0 Å². The van der Waals surface area contributed by atoms with E-state index in [0.29, 0.717) is 6.04 Å². The first-order valence-corrected chi connectivity index (χ1v) is 9.44. The van der Waals surface area contributed by atoms with Crippen molar-refractivity contribution in [1.82, 2.24) is 10.2 Å². The van der Waals surface area contributed by atoms with E-state index in [-0.39, 0.29) is 5.91 Å². The number of benzene rings is 2. The van der Waals surface area contributed by atoms with Gasteiger partial charge in [0, 0.05) is 34.5 Å². The maximum Gasteiger partial charge on any atom is 0.251 e. The van der Waals surface area contributed by atoms with Gasteiger partial charge in [0.2, 0.25) is 0 Å². The summed E-state index contributed by atoms with van der Waals surface area (Å²) in [6, 6.07) is 18.5. The Kier molecular flexibility index (Phi) is 4.58. The molecule has 1 amide bonds. The third-order valence-corrected chi connectivity index (χ3v) is 5.91. The van der Waals surface area contributed by atoms with Crippen LogP contribution in [0.2, 0.25) is 0 Å². The Balaban J connectivity index is 1.36. The standard InChI is InChI=1S/C20H22N2OS/c23-20(21-17-12-15-10-11-22(13-15)14-17)16-6-8-19(9-7-16)24-18-4-2-1-3-5-18/h1-9,15,17H,10-14H2,(H,21,23)/t15-,17-/m1/s1. The molecule has 2 bridgehead atoms. The van der Waals surface area contributed by atoms with Gasteiger partial charge in [-0.3, -0.25) is 4.79 Å². The molecule has 3 nitrogen and oxygen atoms in total. The first-order valence-electron chi connectivity index (χ1n) is 8.62. The highest BCUT2D eigenvalue weighted by atomic mass is 32.2. The number of carbonyl (C=O) groups excluding carboxylic acids is 1. The molecule has 2 aromatic rings. The summed E-state index contributed by atoms with van der Waals surface area (Å²) >= 11 is 1.71. The van der Waals surface area contributed by atoms with Crippen LogP contribution in [0.4, 0.5) is 0 Å². The van der Waals surface area contributed by atoms with Crippen LogP contribution in [0.15, 0.2) is 64.4 Å². The predicted octanol–water partition coefficient (Wildman–Crippen LogP) is 3.66. The van der Waals surface area contributed by atoms with Crippen molar-refractivity contribution in [2.45, 2.75) is 28.7 Å². The van der Waals surface area contributed by atoms with Crippen LogP contribution in [0.25, 0.3) is 0 Å². The number of nitrogens with zero attached hydrogens (tertiary/aromatic N) is 1. The van der Waals surface area contributed by atoms with Crippen molar-refractivity contribution >= 4 is 17.7 Å². The molecule has 2 heterocycles. The van der Waals surface area contributed by atoms with Crippen molar-refractivity contribution in [2.24, 2.45) is 5.92 Å². The molecule has 0 radical (unpaired) electrons. The van der Waals surface area contributed by atoms with Crippen LogP contribution in [0.1, 0.15) is 23.2 Å². The Morgan fingerprint density at radius 1 is 1.00 bits per heavy atom. The molecular weight excluding hydrogens is 316 g/mol. The fourth-order valence-corrected chi connectivity index (χ4v) is 4.57.